The second-order valence-corrected chi connectivity index (χ2v) is 24.3. The van der Waals surface area contributed by atoms with E-state index in [0.29, 0.717) is 13.0 Å². The van der Waals surface area contributed by atoms with Crippen molar-refractivity contribution in [2.45, 2.75) is 76.2 Å². The van der Waals surface area contributed by atoms with Crippen molar-refractivity contribution in [2.24, 2.45) is 0 Å². The van der Waals surface area contributed by atoms with Gasteiger partial charge in [0, 0.05) is 0 Å². The molecule has 0 aromatic heterocycles. The number of hydrogen-bond donors (Lipinski definition) is 2. The average molecular weight is 728 g/mol. The quantitative estimate of drug-likeness (QED) is 0.156. The van der Waals surface area contributed by atoms with Crippen molar-refractivity contribution in [3.05, 3.63) is 70.8 Å². The van der Waals surface area contributed by atoms with Crippen LogP contribution in [0.4, 0.5) is 0 Å². The van der Waals surface area contributed by atoms with Gasteiger partial charge in [-0.2, -0.15) is 0 Å². The van der Waals surface area contributed by atoms with E-state index in [1.54, 1.807) is 19.1 Å². The first-order valence-electron chi connectivity index (χ1n) is 12.3. The number of methoxy groups -OCH3 is 1. The van der Waals surface area contributed by atoms with E-state index in [1.807, 2.05) is 43.3 Å². The number of nitrogens with zero attached hydrogens (tertiary/aromatic N) is 1. The second kappa shape index (κ2) is 17.5. The number of carbonyl (C=O) groups excluding carboxylic acids is 1. The summed E-state index contributed by atoms with van der Waals surface area (Å²) in [6.07, 6.45) is 11.0. The summed E-state index contributed by atoms with van der Waals surface area (Å²) in [7, 11) is 3.25. The van der Waals surface area contributed by atoms with Crippen molar-refractivity contribution in [1.82, 2.24) is 4.90 Å². The number of hydrogen-bond acceptors (Lipinski definition) is 5. The maximum absolute atomic E-state index is 13.5. The molecular formula is C28H44I2NO5-. The molecule has 0 heterocycles. The summed E-state index contributed by atoms with van der Waals surface area (Å²) in [5.41, 5.74) is 4.83. The van der Waals surface area contributed by atoms with Gasteiger partial charge >= 0.3 is 217 Å². The van der Waals surface area contributed by atoms with E-state index in [9.17, 15) is 14.7 Å². The number of likely N-dealkylation sites (N-methyl/N-ethyl adjacent to an activating group) is 1. The zero-order chi connectivity index (χ0) is 27.1. The number of carbonyl (C=O) groups is 1. The molecular weight excluding hydrogens is 684 g/mol. The van der Waals surface area contributed by atoms with Gasteiger partial charge < -0.3 is 0 Å². The summed E-state index contributed by atoms with van der Waals surface area (Å²) in [6.45, 7) is 8.67. The number of benzene rings is 1. The number of alkyl halides is 1. The number of amides is 1. The topological polar surface area (TPSA) is 87.1 Å². The van der Waals surface area contributed by atoms with Crippen molar-refractivity contribution >= 4 is 23.1 Å². The molecule has 2 atom stereocenters. The van der Waals surface area contributed by atoms with Crippen molar-refractivity contribution < 1.29 is 34.8 Å². The van der Waals surface area contributed by atoms with Crippen molar-refractivity contribution in [3.8, 4) is 0 Å². The summed E-state index contributed by atoms with van der Waals surface area (Å²) in [6, 6.07) is 9.54. The monoisotopic (exact) mass is 728 g/mol. The predicted molar refractivity (Wildman–Crippen MR) is 152 cm³/mol. The van der Waals surface area contributed by atoms with Crippen LogP contribution < -0.4 is 15.3 Å². The minimum atomic E-state index is -4.66. The molecule has 0 fully saturated rings. The Bertz CT molecular complexity index is 908. The van der Waals surface area contributed by atoms with Crippen LogP contribution in [0.5, 0.6) is 0 Å². The molecule has 0 aliphatic heterocycles. The molecule has 2 N–H and O–H groups in total. The maximum atomic E-state index is 13.5. The Hall–Kier alpha value is -0.950. The van der Waals surface area contributed by atoms with Crippen LogP contribution in [0.15, 0.2) is 65.3 Å². The van der Waals surface area contributed by atoms with Crippen LogP contribution in [0.2, 0.25) is 0 Å². The zero-order valence-corrected chi connectivity index (χ0v) is 26.9. The van der Waals surface area contributed by atoms with Gasteiger partial charge in [-0.1, -0.05) is 0 Å². The fourth-order valence-electron chi connectivity index (χ4n) is 3.80. The fourth-order valence-corrected chi connectivity index (χ4v) is 10.3. The van der Waals surface area contributed by atoms with Crippen LogP contribution in [0.25, 0.3) is 0 Å². The molecule has 1 aromatic rings. The third-order valence-corrected chi connectivity index (χ3v) is 16.6. The first-order valence-corrected chi connectivity index (χ1v) is 22.6. The Morgan fingerprint density at radius 3 is 2.17 bits per heavy atom. The molecule has 1 rings (SSSR count). The molecule has 1 amide bonds. The SMILES string of the molecule is COC[C@@H](Cc1ccccc1)N(C)C(=O)C(C/C=C(\C)CC/C=C(\C)CCC=C(C)C)[I-](O)(O)I=O. The van der Waals surface area contributed by atoms with Crippen LogP contribution in [0.1, 0.15) is 65.4 Å². The van der Waals surface area contributed by atoms with Crippen molar-refractivity contribution in [3.63, 3.8) is 0 Å². The van der Waals surface area contributed by atoms with Gasteiger partial charge in [0.25, 0.3) is 0 Å². The molecule has 0 aliphatic carbocycles. The molecule has 0 spiro atoms. The van der Waals surface area contributed by atoms with Gasteiger partial charge in [0.2, 0.25) is 0 Å². The third-order valence-electron chi connectivity index (χ3n) is 6.05. The summed E-state index contributed by atoms with van der Waals surface area (Å²) in [4.78, 5) is 15.0. The van der Waals surface area contributed by atoms with Crippen molar-refractivity contribution in [2.75, 3.05) is 20.8 Å². The Kier molecular flexibility index (Phi) is 16.1. The van der Waals surface area contributed by atoms with Crippen LogP contribution in [0.3, 0.4) is 0 Å². The fraction of sp³-hybridized carbons (Fsp3) is 0.536. The molecule has 1 unspecified atom stereocenters. The minimum absolute atomic E-state index is 0.189. The zero-order valence-electron chi connectivity index (χ0n) is 22.5. The molecule has 0 bridgehead atoms. The molecule has 0 aliphatic rings. The van der Waals surface area contributed by atoms with E-state index in [0.717, 1.165) is 36.8 Å². The van der Waals surface area contributed by atoms with Gasteiger partial charge in [0.05, 0.1) is 0 Å². The normalized spacial score (nSPS) is 14.8. The number of ether oxygens (including phenoxy) is 1. The van der Waals surface area contributed by atoms with Gasteiger partial charge in [-0.05, 0) is 13.8 Å². The molecule has 8 heteroatoms. The summed E-state index contributed by atoms with van der Waals surface area (Å²) < 4.78 is 37.4. The number of allylic oxidation sites excluding steroid dienone is 6. The van der Waals surface area contributed by atoms with Gasteiger partial charge in [-0.25, -0.2) is 0 Å². The van der Waals surface area contributed by atoms with Gasteiger partial charge in [0.15, 0.2) is 0 Å². The molecule has 1 aromatic carbocycles. The van der Waals surface area contributed by atoms with Gasteiger partial charge in [-0.3, -0.25) is 0 Å². The standard InChI is InChI=1S/C28H44I2NO5/c1-22(2)12-10-13-23(3)14-11-15-24(4)18-19-27(30(34,35)29-33)28(32)31(5)26(21-36-6)20-25-16-8-7-9-17-25/h7-9,12,14,16-18,26-27,34-35H,10-11,13,15,19-21H2,1-6H3/q-1/b23-14+,24-18+/t26-,27?/m1/s1. The summed E-state index contributed by atoms with van der Waals surface area (Å²) >= 11 is -6.72. The van der Waals surface area contributed by atoms with Gasteiger partial charge in [0.1, 0.15) is 0 Å². The van der Waals surface area contributed by atoms with Crippen LogP contribution in [0, 0.1) is 0 Å². The Morgan fingerprint density at radius 2 is 1.61 bits per heavy atom. The first kappa shape index (κ1) is 33.1. The van der Waals surface area contributed by atoms with Crippen molar-refractivity contribution in [1.29, 1.82) is 0 Å². The van der Waals surface area contributed by atoms with E-state index in [2.05, 4.69) is 32.9 Å². The van der Waals surface area contributed by atoms with Crippen LogP contribution >= 0.6 is 17.2 Å². The first-order chi connectivity index (χ1) is 17.0. The van der Waals surface area contributed by atoms with E-state index in [4.69, 9.17) is 4.74 Å². The van der Waals surface area contributed by atoms with Crippen LogP contribution in [-0.4, -0.2) is 48.4 Å². The second-order valence-electron chi connectivity index (χ2n) is 9.45. The van der Waals surface area contributed by atoms with Gasteiger partial charge in [-0.15, -0.1) is 0 Å². The van der Waals surface area contributed by atoms with E-state index in [1.165, 1.54) is 11.1 Å². The average Bonchev–Trinajstić information content (AvgIpc) is 2.83. The molecule has 0 saturated heterocycles. The Labute approximate surface area is 229 Å². The number of halogens is 2. The molecule has 0 saturated carbocycles. The number of rotatable bonds is 16. The Morgan fingerprint density at radius 1 is 1.03 bits per heavy atom. The molecule has 6 nitrogen and oxygen atoms in total. The third kappa shape index (κ3) is 12.5. The Balaban J connectivity index is 2.89. The predicted octanol–water partition coefficient (Wildman–Crippen LogP) is 3.09. The molecule has 206 valence electrons. The summed E-state index contributed by atoms with van der Waals surface area (Å²) in [5.74, 6) is -0.371. The van der Waals surface area contributed by atoms with Crippen LogP contribution in [-0.2, 0) is 19.0 Å². The van der Waals surface area contributed by atoms with E-state index >= 15 is 0 Å². The molecule has 0 radical (unpaired) electrons. The molecule has 36 heavy (non-hydrogen) atoms. The van der Waals surface area contributed by atoms with E-state index < -0.39 is 36.4 Å². The van der Waals surface area contributed by atoms with E-state index in [-0.39, 0.29) is 18.4 Å². The summed E-state index contributed by atoms with van der Waals surface area (Å²) in [5, 5.41) is 0.